The summed E-state index contributed by atoms with van der Waals surface area (Å²) >= 11 is 6.73. The largest absolute Gasteiger partial charge is 0.495 e. The third-order valence-electron chi connectivity index (χ3n) is 3.05. The zero-order valence-corrected chi connectivity index (χ0v) is 16.6. The van der Waals surface area contributed by atoms with Crippen molar-refractivity contribution in [1.82, 2.24) is 5.43 Å². The smallest absolute Gasteiger partial charge is 0.310 e. The summed E-state index contributed by atoms with van der Waals surface area (Å²) in [6.07, 6.45) is 1.41. The summed E-state index contributed by atoms with van der Waals surface area (Å²) in [7, 11) is 1.52. The van der Waals surface area contributed by atoms with Gasteiger partial charge in [-0.15, -0.1) is 0 Å². The number of carbonyl (C=O) groups is 1. The molecule has 0 spiro atoms. The van der Waals surface area contributed by atoms with Crippen molar-refractivity contribution in [2.24, 2.45) is 5.10 Å². The molecule has 0 fully saturated rings. The zero-order valence-electron chi connectivity index (χ0n) is 13.4. The molecule has 8 nitrogen and oxygen atoms in total. The number of hydrogen-bond donors (Lipinski definition) is 1. The first-order valence-electron chi connectivity index (χ1n) is 7.13. The Bertz CT molecular complexity index is 858. The lowest BCUT2D eigenvalue weighted by atomic mass is 10.2. The van der Waals surface area contributed by atoms with Crippen molar-refractivity contribution in [2.75, 3.05) is 13.7 Å². The first-order chi connectivity index (χ1) is 12.4. The minimum atomic E-state index is -0.581. The highest BCUT2D eigenvalue weighted by Gasteiger charge is 2.14. The summed E-state index contributed by atoms with van der Waals surface area (Å²) in [6.45, 7) is -0.415. The molecular weight excluding hydrogens is 474 g/mol. The molecule has 0 saturated carbocycles. The summed E-state index contributed by atoms with van der Waals surface area (Å²) in [4.78, 5) is 22.1. The highest BCUT2D eigenvalue weighted by Crippen LogP contribution is 2.31. The molecular formula is C16H13Br2N3O5. The molecule has 0 unspecified atom stereocenters. The van der Waals surface area contributed by atoms with Gasteiger partial charge in [0, 0.05) is 16.1 Å². The Morgan fingerprint density at radius 3 is 2.77 bits per heavy atom. The molecule has 0 heterocycles. The number of benzene rings is 2. The van der Waals surface area contributed by atoms with E-state index in [1.807, 2.05) is 6.07 Å². The number of carbonyl (C=O) groups excluding carboxylic acids is 1. The molecule has 0 aliphatic carbocycles. The predicted molar refractivity (Wildman–Crippen MR) is 103 cm³/mol. The third kappa shape index (κ3) is 5.27. The minimum absolute atomic E-state index is 0.00854. The number of para-hydroxylation sites is 2. The molecule has 1 N–H and O–H groups in total. The molecule has 26 heavy (non-hydrogen) atoms. The second-order valence-corrected chi connectivity index (χ2v) is 6.59. The van der Waals surface area contributed by atoms with E-state index in [2.05, 4.69) is 42.4 Å². The number of hydrogen-bond acceptors (Lipinski definition) is 6. The summed E-state index contributed by atoms with van der Waals surface area (Å²) in [5, 5.41) is 14.7. The number of nitrogens with zero attached hydrogens (tertiary/aromatic N) is 2. The lowest BCUT2D eigenvalue weighted by Crippen LogP contribution is -2.24. The zero-order chi connectivity index (χ0) is 19.1. The van der Waals surface area contributed by atoms with Gasteiger partial charge in [0.25, 0.3) is 5.91 Å². The van der Waals surface area contributed by atoms with Crippen molar-refractivity contribution in [3.8, 4) is 11.5 Å². The quantitative estimate of drug-likeness (QED) is 0.365. The monoisotopic (exact) mass is 485 g/mol. The maximum Gasteiger partial charge on any atom is 0.310 e. The Kier molecular flexibility index (Phi) is 7.10. The van der Waals surface area contributed by atoms with Gasteiger partial charge in [-0.1, -0.05) is 28.1 Å². The Hall–Kier alpha value is -2.46. The van der Waals surface area contributed by atoms with Crippen LogP contribution in [0.2, 0.25) is 0 Å². The van der Waals surface area contributed by atoms with Crippen LogP contribution in [0.25, 0.3) is 0 Å². The maximum absolute atomic E-state index is 11.8. The summed E-state index contributed by atoms with van der Waals surface area (Å²) in [5.41, 5.74) is 2.71. The van der Waals surface area contributed by atoms with E-state index in [-0.39, 0.29) is 11.4 Å². The highest BCUT2D eigenvalue weighted by atomic mass is 79.9. The summed E-state index contributed by atoms with van der Waals surface area (Å²) in [6, 6.07) is 9.38. The number of nitro groups is 1. The van der Waals surface area contributed by atoms with Crippen LogP contribution < -0.4 is 14.9 Å². The van der Waals surface area contributed by atoms with E-state index >= 15 is 0 Å². The molecule has 0 radical (unpaired) electrons. The van der Waals surface area contributed by atoms with Gasteiger partial charge < -0.3 is 9.47 Å². The summed E-state index contributed by atoms with van der Waals surface area (Å²) < 4.78 is 12.0. The fourth-order valence-corrected chi connectivity index (χ4v) is 3.39. The van der Waals surface area contributed by atoms with Crippen LogP contribution in [0.4, 0.5) is 5.69 Å². The molecule has 1 amide bonds. The standard InChI is InChI=1S/C16H13Br2N3O5/c1-25-16-10(6-11(17)7-12(16)18)8-19-20-15(22)9-26-14-5-3-2-4-13(14)21(23)24/h2-8H,9H2,1H3,(H,20,22)/b19-8+. The number of ether oxygens (including phenoxy) is 2. The molecule has 10 heteroatoms. The van der Waals surface area contributed by atoms with Gasteiger partial charge in [0.1, 0.15) is 5.75 Å². The SMILES string of the molecule is COc1c(Br)cc(Br)cc1/C=N/NC(=O)COc1ccccc1[N+](=O)[O-]. The fraction of sp³-hybridized carbons (Fsp3) is 0.125. The second kappa shape index (κ2) is 9.30. The molecule has 2 rings (SSSR count). The molecule has 0 bridgehead atoms. The van der Waals surface area contributed by atoms with E-state index < -0.39 is 17.4 Å². The molecule has 0 aromatic heterocycles. The van der Waals surface area contributed by atoms with Crippen LogP contribution in [0, 0.1) is 10.1 Å². The first-order valence-corrected chi connectivity index (χ1v) is 8.72. The Labute approximate surface area is 165 Å². The average molecular weight is 487 g/mol. The number of hydrazone groups is 1. The van der Waals surface area contributed by atoms with Crippen LogP contribution in [0.3, 0.4) is 0 Å². The lowest BCUT2D eigenvalue weighted by molar-refractivity contribution is -0.385. The number of methoxy groups -OCH3 is 1. The van der Waals surface area contributed by atoms with Crippen molar-refractivity contribution in [1.29, 1.82) is 0 Å². The molecule has 2 aromatic carbocycles. The van der Waals surface area contributed by atoms with Gasteiger partial charge in [-0.3, -0.25) is 14.9 Å². The number of amides is 1. The Morgan fingerprint density at radius 2 is 2.08 bits per heavy atom. The molecule has 0 saturated heterocycles. The van der Waals surface area contributed by atoms with Crippen LogP contribution in [-0.2, 0) is 4.79 Å². The molecule has 0 aliphatic rings. The Balaban J connectivity index is 1.98. The second-order valence-electron chi connectivity index (χ2n) is 4.82. The third-order valence-corrected chi connectivity index (χ3v) is 4.10. The van der Waals surface area contributed by atoms with E-state index in [1.54, 1.807) is 12.1 Å². The van der Waals surface area contributed by atoms with Crippen LogP contribution in [-0.4, -0.2) is 30.8 Å². The molecule has 2 aromatic rings. The maximum atomic E-state index is 11.8. The molecule has 136 valence electrons. The lowest BCUT2D eigenvalue weighted by Gasteiger charge is -2.08. The van der Waals surface area contributed by atoms with Crippen LogP contribution in [0.5, 0.6) is 11.5 Å². The van der Waals surface area contributed by atoms with Crippen molar-refractivity contribution in [2.45, 2.75) is 0 Å². The number of nitro benzene ring substituents is 1. The van der Waals surface area contributed by atoms with Crippen molar-refractivity contribution in [3.05, 3.63) is 61.0 Å². The first kappa shape index (κ1) is 19.9. The summed E-state index contributed by atoms with van der Waals surface area (Å²) in [5.74, 6) is 0.00371. The topological polar surface area (TPSA) is 103 Å². The minimum Gasteiger partial charge on any atom is -0.495 e. The Morgan fingerprint density at radius 1 is 1.35 bits per heavy atom. The van der Waals surface area contributed by atoms with Crippen molar-refractivity contribution >= 4 is 49.7 Å². The van der Waals surface area contributed by atoms with Crippen LogP contribution >= 0.6 is 31.9 Å². The van der Waals surface area contributed by atoms with Gasteiger partial charge in [-0.05, 0) is 34.1 Å². The fourth-order valence-electron chi connectivity index (χ4n) is 1.97. The van der Waals surface area contributed by atoms with E-state index in [9.17, 15) is 14.9 Å². The number of nitrogens with one attached hydrogen (secondary N) is 1. The van der Waals surface area contributed by atoms with Gasteiger partial charge in [-0.25, -0.2) is 5.43 Å². The normalized spacial score (nSPS) is 10.6. The van der Waals surface area contributed by atoms with Crippen LogP contribution in [0.15, 0.2) is 50.4 Å². The van der Waals surface area contributed by atoms with Gasteiger partial charge in [0.05, 0.1) is 22.7 Å². The van der Waals surface area contributed by atoms with E-state index in [0.717, 1.165) is 8.95 Å². The molecule has 0 aliphatic heterocycles. The van der Waals surface area contributed by atoms with E-state index in [0.29, 0.717) is 11.3 Å². The van der Waals surface area contributed by atoms with Crippen molar-refractivity contribution < 1.29 is 19.2 Å². The number of halogens is 2. The van der Waals surface area contributed by atoms with Gasteiger partial charge in [0.15, 0.2) is 12.4 Å². The van der Waals surface area contributed by atoms with Gasteiger partial charge in [0.2, 0.25) is 0 Å². The molecule has 0 atom stereocenters. The predicted octanol–water partition coefficient (Wildman–Crippen LogP) is 3.66. The van der Waals surface area contributed by atoms with Crippen molar-refractivity contribution in [3.63, 3.8) is 0 Å². The van der Waals surface area contributed by atoms with E-state index in [1.165, 1.54) is 31.5 Å². The van der Waals surface area contributed by atoms with Crippen LogP contribution in [0.1, 0.15) is 5.56 Å². The van der Waals surface area contributed by atoms with Gasteiger partial charge >= 0.3 is 5.69 Å². The van der Waals surface area contributed by atoms with Gasteiger partial charge in [-0.2, -0.15) is 5.10 Å². The number of rotatable bonds is 7. The van der Waals surface area contributed by atoms with E-state index in [4.69, 9.17) is 9.47 Å². The highest BCUT2D eigenvalue weighted by molar-refractivity contribution is 9.11. The average Bonchev–Trinajstić information content (AvgIpc) is 2.59.